The fraction of sp³-hybridized carbons (Fsp3) is 0.0500. The highest BCUT2D eigenvalue weighted by molar-refractivity contribution is 5.78. The van der Waals surface area contributed by atoms with Gasteiger partial charge in [0.1, 0.15) is 0 Å². The molecular weight excluding hydrogens is 282 g/mol. The van der Waals surface area contributed by atoms with Crippen LogP contribution >= 0.6 is 0 Å². The van der Waals surface area contributed by atoms with Crippen LogP contribution in [0.2, 0.25) is 0 Å². The van der Waals surface area contributed by atoms with Crippen molar-refractivity contribution in [3.63, 3.8) is 0 Å². The smallest absolute Gasteiger partial charge is 0.215 e. The third kappa shape index (κ3) is 2.36. The molecule has 23 heavy (non-hydrogen) atoms. The van der Waals surface area contributed by atoms with E-state index in [1.165, 1.54) is 0 Å². The Morgan fingerprint density at radius 1 is 0.652 bits per heavy atom. The summed E-state index contributed by atoms with van der Waals surface area (Å²) >= 11 is 0. The van der Waals surface area contributed by atoms with Gasteiger partial charge in [-0.3, -0.25) is 4.57 Å². The van der Waals surface area contributed by atoms with Crippen LogP contribution in [-0.2, 0) is 7.05 Å². The molecule has 0 saturated carbocycles. The summed E-state index contributed by atoms with van der Waals surface area (Å²) in [6, 6.07) is 28.8. The van der Waals surface area contributed by atoms with E-state index < -0.39 is 0 Å². The van der Waals surface area contributed by atoms with Crippen LogP contribution in [0.15, 0.2) is 89.9 Å². The number of aromatic nitrogens is 2. The Hall–Kier alpha value is -3.07. The van der Waals surface area contributed by atoms with Crippen LogP contribution in [0.25, 0.3) is 16.7 Å². The first-order valence-corrected chi connectivity index (χ1v) is 7.66. The zero-order valence-corrected chi connectivity index (χ0v) is 12.9. The minimum atomic E-state index is 0.906. The van der Waals surface area contributed by atoms with Gasteiger partial charge in [-0.15, -0.1) is 0 Å². The molecule has 112 valence electrons. The largest absolute Gasteiger partial charge is 0.313 e. The van der Waals surface area contributed by atoms with Crippen molar-refractivity contribution in [2.24, 2.45) is 12.0 Å². The van der Waals surface area contributed by atoms with E-state index in [1.807, 2.05) is 36.4 Å². The van der Waals surface area contributed by atoms with Gasteiger partial charge in [0.15, 0.2) is 0 Å². The van der Waals surface area contributed by atoms with Gasteiger partial charge in [-0.2, -0.15) is 0 Å². The number of para-hydroxylation sites is 4. The summed E-state index contributed by atoms with van der Waals surface area (Å²) in [5, 5.41) is 0. The van der Waals surface area contributed by atoms with Crippen molar-refractivity contribution >= 4 is 16.7 Å². The Morgan fingerprint density at radius 3 is 1.91 bits per heavy atom. The quantitative estimate of drug-likeness (QED) is 0.529. The predicted molar refractivity (Wildman–Crippen MR) is 93.9 cm³/mol. The van der Waals surface area contributed by atoms with Gasteiger partial charge in [0.2, 0.25) is 5.62 Å². The molecule has 4 aromatic rings. The Labute approximate surface area is 134 Å². The van der Waals surface area contributed by atoms with Crippen LogP contribution in [0.4, 0.5) is 5.69 Å². The third-order valence-corrected chi connectivity index (χ3v) is 3.98. The molecule has 0 radical (unpaired) electrons. The summed E-state index contributed by atoms with van der Waals surface area (Å²) in [6.45, 7) is 0. The van der Waals surface area contributed by atoms with E-state index >= 15 is 0 Å². The minimum Gasteiger partial charge on any atom is -0.313 e. The maximum atomic E-state index is 4.88. The number of imidazole rings is 1. The van der Waals surface area contributed by atoms with Gasteiger partial charge < -0.3 is 4.57 Å². The molecule has 0 amide bonds. The molecule has 4 rings (SSSR count). The standard InChI is InChI=1S/C20H17N3/c1-22-18-14-8-9-15-19(18)23(17-12-6-3-7-13-17)20(22)21-16-10-4-2-5-11-16/h2-15H,1H3. The maximum Gasteiger partial charge on any atom is 0.215 e. The number of benzene rings is 3. The Morgan fingerprint density at radius 2 is 1.22 bits per heavy atom. The van der Waals surface area contributed by atoms with Crippen LogP contribution < -0.4 is 5.62 Å². The molecule has 3 heteroatoms. The van der Waals surface area contributed by atoms with Gasteiger partial charge in [0, 0.05) is 12.7 Å². The molecule has 0 bridgehead atoms. The van der Waals surface area contributed by atoms with Crippen molar-refractivity contribution in [1.82, 2.24) is 9.13 Å². The SMILES string of the molecule is Cn1c(=Nc2ccccc2)n(-c2ccccc2)c2ccccc21. The number of hydrogen-bond acceptors (Lipinski definition) is 1. The molecule has 0 aliphatic rings. The van der Waals surface area contributed by atoms with Crippen molar-refractivity contribution in [1.29, 1.82) is 0 Å². The highest BCUT2D eigenvalue weighted by Gasteiger charge is 2.10. The van der Waals surface area contributed by atoms with Crippen LogP contribution in [-0.4, -0.2) is 9.13 Å². The summed E-state index contributed by atoms with van der Waals surface area (Å²) in [7, 11) is 2.06. The number of nitrogens with zero attached hydrogens (tertiary/aromatic N) is 3. The zero-order chi connectivity index (χ0) is 15.6. The Kier molecular flexibility index (Phi) is 3.31. The van der Waals surface area contributed by atoms with E-state index in [0.29, 0.717) is 0 Å². The first kappa shape index (κ1) is 13.6. The lowest BCUT2D eigenvalue weighted by molar-refractivity contribution is 0.812. The molecule has 0 atom stereocenters. The van der Waals surface area contributed by atoms with E-state index in [4.69, 9.17) is 4.99 Å². The molecule has 0 unspecified atom stereocenters. The molecule has 0 aliphatic heterocycles. The van der Waals surface area contributed by atoms with Gasteiger partial charge in [-0.25, -0.2) is 4.99 Å². The van der Waals surface area contributed by atoms with Gasteiger partial charge in [0.05, 0.1) is 16.7 Å². The van der Waals surface area contributed by atoms with Crippen molar-refractivity contribution in [3.8, 4) is 5.69 Å². The second kappa shape index (κ2) is 5.61. The van der Waals surface area contributed by atoms with Crippen LogP contribution in [0.1, 0.15) is 0 Å². The first-order valence-electron chi connectivity index (χ1n) is 7.66. The summed E-state index contributed by atoms with van der Waals surface area (Å²) in [5.74, 6) is 0. The molecule has 0 fully saturated rings. The van der Waals surface area contributed by atoms with Crippen molar-refractivity contribution in [3.05, 3.63) is 90.5 Å². The highest BCUT2D eigenvalue weighted by atomic mass is 15.2. The number of fused-ring (bicyclic) bond motifs is 1. The average Bonchev–Trinajstić information content (AvgIpc) is 2.89. The van der Waals surface area contributed by atoms with Crippen LogP contribution in [0, 0.1) is 0 Å². The van der Waals surface area contributed by atoms with E-state index in [-0.39, 0.29) is 0 Å². The topological polar surface area (TPSA) is 22.2 Å². The second-order valence-electron chi connectivity index (χ2n) is 5.47. The Bertz CT molecular complexity index is 1010. The fourth-order valence-electron chi connectivity index (χ4n) is 2.88. The second-order valence-corrected chi connectivity index (χ2v) is 5.47. The molecule has 3 nitrogen and oxygen atoms in total. The van der Waals surface area contributed by atoms with E-state index in [9.17, 15) is 0 Å². The number of aryl methyl sites for hydroxylation is 1. The summed E-state index contributed by atoms with van der Waals surface area (Å²) in [6.07, 6.45) is 0. The van der Waals surface area contributed by atoms with Gasteiger partial charge in [0.25, 0.3) is 0 Å². The molecular formula is C20H17N3. The molecule has 1 aromatic heterocycles. The minimum absolute atomic E-state index is 0.906. The van der Waals surface area contributed by atoms with Gasteiger partial charge in [-0.1, -0.05) is 48.5 Å². The van der Waals surface area contributed by atoms with E-state index in [2.05, 4.69) is 64.7 Å². The van der Waals surface area contributed by atoms with Crippen molar-refractivity contribution < 1.29 is 0 Å². The Balaban J connectivity index is 2.11. The fourth-order valence-corrected chi connectivity index (χ4v) is 2.88. The van der Waals surface area contributed by atoms with Gasteiger partial charge in [-0.05, 0) is 36.4 Å². The molecule has 1 heterocycles. The number of hydrogen-bond donors (Lipinski definition) is 0. The third-order valence-electron chi connectivity index (χ3n) is 3.98. The maximum absolute atomic E-state index is 4.88. The highest BCUT2D eigenvalue weighted by Crippen LogP contribution is 2.18. The van der Waals surface area contributed by atoms with Crippen molar-refractivity contribution in [2.45, 2.75) is 0 Å². The lowest BCUT2D eigenvalue weighted by Crippen LogP contribution is -2.22. The lowest BCUT2D eigenvalue weighted by Gasteiger charge is -2.04. The zero-order valence-electron chi connectivity index (χ0n) is 12.9. The molecule has 0 saturated heterocycles. The van der Waals surface area contributed by atoms with Crippen LogP contribution in [0.3, 0.4) is 0 Å². The monoisotopic (exact) mass is 299 g/mol. The normalized spacial score (nSPS) is 12.0. The van der Waals surface area contributed by atoms with E-state index in [1.54, 1.807) is 0 Å². The number of rotatable bonds is 2. The van der Waals surface area contributed by atoms with Crippen LogP contribution in [0.5, 0.6) is 0 Å². The summed E-state index contributed by atoms with van der Waals surface area (Å²) in [5.41, 5.74) is 5.27. The van der Waals surface area contributed by atoms with Crippen molar-refractivity contribution in [2.75, 3.05) is 0 Å². The average molecular weight is 299 g/mol. The summed E-state index contributed by atoms with van der Waals surface area (Å²) < 4.78 is 4.33. The molecule has 3 aromatic carbocycles. The van der Waals surface area contributed by atoms with E-state index in [0.717, 1.165) is 28.0 Å². The van der Waals surface area contributed by atoms with Gasteiger partial charge >= 0.3 is 0 Å². The first-order chi connectivity index (χ1) is 11.3. The molecule has 0 aliphatic carbocycles. The summed E-state index contributed by atoms with van der Waals surface area (Å²) in [4.78, 5) is 4.88. The molecule has 0 spiro atoms. The molecule has 0 N–H and O–H groups in total. The lowest BCUT2D eigenvalue weighted by atomic mass is 10.3. The predicted octanol–water partition coefficient (Wildman–Crippen LogP) is 4.20.